The third kappa shape index (κ3) is 5.96. The van der Waals surface area contributed by atoms with E-state index >= 15 is 0 Å². The van der Waals surface area contributed by atoms with Crippen LogP contribution in [0, 0.1) is 5.82 Å². The van der Waals surface area contributed by atoms with E-state index < -0.39 is 0 Å². The van der Waals surface area contributed by atoms with Crippen LogP contribution >= 0.6 is 35.6 Å². The lowest BCUT2D eigenvalue weighted by Crippen LogP contribution is -2.39. The summed E-state index contributed by atoms with van der Waals surface area (Å²) < 4.78 is 24.6. The van der Waals surface area contributed by atoms with Crippen molar-refractivity contribution in [3.8, 4) is 5.75 Å². The van der Waals surface area contributed by atoms with Crippen LogP contribution in [0.25, 0.3) is 0 Å². The summed E-state index contributed by atoms with van der Waals surface area (Å²) in [6.07, 6.45) is 0.619. The largest absolute Gasteiger partial charge is 0.467 e. The quantitative estimate of drug-likeness (QED) is 0.365. The molecule has 2 aromatic carbocycles. The van der Waals surface area contributed by atoms with E-state index in [1.807, 2.05) is 36.2 Å². The third-order valence-corrected chi connectivity index (χ3v) is 4.59. The maximum absolute atomic E-state index is 13.8. The molecule has 5 nitrogen and oxygen atoms in total. The molecule has 0 saturated carbocycles. The zero-order valence-corrected chi connectivity index (χ0v) is 19.0. The molecule has 0 radical (unpaired) electrons. The van der Waals surface area contributed by atoms with Crippen LogP contribution in [0.15, 0.2) is 41.4 Å². The number of aliphatic imine (C=N–C) groups is 1. The fraction of sp³-hybridized carbons (Fsp3) is 0.350. The minimum atomic E-state index is -0.276. The molecule has 152 valence electrons. The zero-order chi connectivity index (χ0) is 19.2. The second-order valence-corrected chi connectivity index (χ2v) is 6.81. The summed E-state index contributed by atoms with van der Waals surface area (Å²) in [5.74, 6) is 1.22. The third-order valence-electron chi connectivity index (χ3n) is 4.34. The summed E-state index contributed by atoms with van der Waals surface area (Å²) in [6, 6.07) is 10.7. The van der Waals surface area contributed by atoms with E-state index in [2.05, 4.69) is 10.3 Å². The molecule has 0 spiro atoms. The number of hydrogen-bond acceptors (Lipinski definition) is 3. The Bertz CT molecular complexity index is 818. The van der Waals surface area contributed by atoms with Gasteiger partial charge in [0.2, 0.25) is 0 Å². The Morgan fingerprint density at radius 3 is 2.75 bits per heavy atom. The van der Waals surface area contributed by atoms with E-state index in [-0.39, 0.29) is 36.6 Å². The van der Waals surface area contributed by atoms with Crippen LogP contribution in [0.5, 0.6) is 5.75 Å². The SMILES string of the molecule is CN=C(NCCc1cc(F)cc2c1OCOC2)N(C)Cc1ccc(Cl)cc1.I. The molecule has 1 aliphatic heterocycles. The number of hydrogen-bond donors (Lipinski definition) is 1. The average Bonchev–Trinajstić information content (AvgIpc) is 2.66. The standard InChI is InChI=1S/C20H23ClFN3O2.HI/c1-23-20(25(2)11-14-3-5-17(21)6-4-14)24-8-7-15-9-18(22)10-16-12-26-13-27-19(15)16;/h3-6,9-10H,7-8,11-13H2,1-2H3,(H,23,24);1H. The first-order valence-corrected chi connectivity index (χ1v) is 9.12. The molecular weight excluding hydrogens is 496 g/mol. The highest BCUT2D eigenvalue weighted by Crippen LogP contribution is 2.29. The number of nitrogens with one attached hydrogen (secondary N) is 1. The second-order valence-electron chi connectivity index (χ2n) is 6.37. The highest BCUT2D eigenvalue weighted by Gasteiger charge is 2.17. The number of benzene rings is 2. The Kier molecular flexibility index (Phi) is 8.78. The van der Waals surface area contributed by atoms with Crippen LogP contribution in [-0.2, 0) is 24.3 Å². The molecule has 1 heterocycles. The van der Waals surface area contributed by atoms with Gasteiger partial charge in [0.25, 0.3) is 0 Å². The van der Waals surface area contributed by atoms with E-state index in [0.29, 0.717) is 26.1 Å². The van der Waals surface area contributed by atoms with Gasteiger partial charge in [0.15, 0.2) is 12.8 Å². The Balaban J connectivity index is 0.00000280. The van der Waals surface area contributed by atoms with Gasteiger partial charge in [-0.05, 0) is 41.8 Å². The number of ether oxygens (including phenoxy) is 2. The summed E-state index contributed by atoms with van der Waals surface area (Å²) in [4.78, 5) is 6.34. The number of guanidine groups is 1. The van der Waals surface area contributed by atoms with Gasteiger partial charge in [0.1, 0.15) is 11.6 Å². The molecule has 0 amide bonds. The molecular formula is C20H24ClFIN3O2. The molecule has 28 heavy (non-hydrogen) atoms. The van der Waals surface area contributed by atoms with Crippen molar-refractivity contribution in [1.29, 1.82) is 0 Å². The van der Waals surface area contributed by atoms with E-state index in [4.69, 9.17) is 21.1 Å². The van der Waals surface area contributed by atoms with Crippen LogP contribution < -0.4 is 10.1 Å². The fourth-order valence-corrected chi connectivity index (χ4v) is 3.20. The molecule has 0 fully saturated rings. The smallest absolute Gasteiger partial charge is 0.193 e. The van der Waals surface area contributed by atoms with Crippen molar-refractivity contribution in [3.63, 3.8) is 0 Å². The average molecular weight is 520 g/mol. The van der Waals surface area contributed by atoms with E-state index in [1.165, 1.54) is 12.1 Å². The van der Waals surface area contributed by atoms with Crippen LogP contribution in [0.4, 0.5) is 4.39 Å². The van der Waals surface area contributed by atoms with Gasteiger partial charge >= 0.3 is 0 Å². The van der Waals surface area contributed by atoms with Crippen LogP contribution in [0.3, 0.4) is 0 Å². The van der Waals surface area contributed by atoms with Gasteiger partial charge in [0.05, 0.1) is 6.61 Å². The van der Waals surface area contributed by atoms with E-state index in [1.54, 1.807) is 7.05 Å². The van der Waals surface area contributed by atoms with Gasteiger partial charge < -0.3 is 19.7 Å². The lowest BCUT2D eigenvalue weighted by atomic mass is 10.1. The van der Waals surface area contributed by atoms with Crippen molar-refractivity contribution in [2.75, 3.05) is 27.4 Å². The lowest BCUT2D eigenvalue weighted by Gasteiger charge is -2.23. The van der Waals surface area contributed by atoms with Gasteiger partial charge in [-0.25, -0.2) is 4.39 Å². The summed E-state index contributed by atoms with van der Waals surface area (Å²) >= 11 is 5.93. The molecule has 0 unspecified atom stereocenters. The molecule has 0 aromatic heterocycles. The van der Waals surface area contributed by atoms with Gasteiger partial charge in [0, 0.05) is 37.8 Å². The summed E-state index contributed by atoms with van der Waals surface area (Å²) in [6.45, 7) is 1.88. The van der Waals surface area contributed by atoms with Crippen molar-refractivity contribution in [2.45, 2.75) is 19.6 Å². The first kappa shape index (κ1) is 22.7. The Labute approximate surface area is 186 Å². The van der Waals surface area contributed by atoms with Crippen molar-refractivity contribution < 1.29 is 13.9 Å². The monoisotopic (exact) mass is 519 g/mol. The Morgan fingerprint density at radius 2 is 2.04 bits per heavy atom. The molecule has 0 saturated heterocycles. The summed E-state index contributed by atoms with van der Waals surface area (Å²) in [5.41, 5.74) is 2.72. The highest BCUT2D eigenvalue weighted by molar-refractivity contribution is 14.0. The minimum absolute atomic E-state index is 0. The van der Waals surface area contributed by atoms with E-state index in [9.17, 15) is 4.39 Å². The van der Waals surface area contributed by atoms with Gasteiger partial charge in [-0.2, -0.15) is 0 Å². The fourth-order valence-electron chi connectivity index (χ4n) is 3.07. The Hall–Kier alpha value is -1.58. The molecule has 8 heteroatoms. The highest BCUT2D eigenvalue weighted by atomic mass is 127. The molecule has 1 N–H and O–H groups in total. The molecule has 0 aliphatic carbocycles. The van der Waals surface area contributed by atoms with Gasteiger partial charge in [-0.3, -0.25) is 4.99 Å². The van der Waals surface area contributed by atoms with Gasteiger partial charge in [-0.15, -0.1) is 24.0 Å². The molecule has 3 rings (SSSR count). The zero-order valence-electron chi connectivity index (χ0n) is 15.9. The van der Waals surface area contributed by atoms with Gasteiger partial charge in [-0.1, -0.05) is 23.7 Å². The second kappa shape index (κ2) is 10.8. The first-order chi connectivity index (χ1) is 13.1. The van der Waals surface area contributed by atoms with Crippen LogP contribution in [0.1, 0.15) is 16.7 Å². The molecule has 0 atom stereocenters. The number of fused-ring (bicyclic) bond motifs is 1. The lowest BCUT2D eigenvalue weighted by molar-refractivity contribution is -0.0172. The van der Waals surface area contributed by atoms with Crippen molar-refractivity contribution in [3.05, 3.63) is 63.9 Å². The summed E-state index contributed by atoms with van der Waals surface area (Å²) in [5, 5.41) is 4.03. The Morgan fingerprint density at radius 1 is 1.29 bits per heavy atom. The molecule has 1 aliphatic rings. The topological polar surface area (TPSA) is 46.1 Å². The normalized spacial score (nSPS) is 13.2. The van der Waals surface area contributed by atoms with E-state index in [0.717, 1.165) is 33.4 Å². The number of nitrogens with zero attached hydrogens (tertiary/aromatic N) is 2. The van der Waals surface area contributed by atoms with Crippen molar-refractivity contribution >= 4 is 41.5 Å². The van der Waals surface area contributed by atoms with Crippen LogP contribution in [0.2, 0.25) is 5.02 Å². The van der Waals surface area contributed by atoms with Crippen molar-refractivity contribution in [2.24, 2.45) is 4.99 Å². The first-order valence-electron chi connectivity index (χ1n) is 8.75. The molecule has 2 aromatic rings. The predicted molar refractivity (Wildman–Crippen MR) is 120 cm³/mol. The maximum atomic E-state index is 13.8. The number of rotatable bonds is 5. The van der Waals surface area contributed by atoms with Crippen molar-refractivity contribution in [1.82, 2.24) is 10.2 Å². The maximum Gasteiger partial charge on any atom is 0.193 e. The molecule has 0 bridgehead atoms. The number of halogens is 3. The summed E-state index contributed by atoms with van der Waals surface area (Å²) in [7, 11) is 3.71. The van der Waals surface area contributed by atoms with Crippen LogP contribution in [-0.4, -0.2) is 38.3 Å². The predicted octanol–water partition coefficient (Wildman–Crippen LogP) is 4.21. The minimum Gasteiger partial charge on any atom is -0.467 e.